The van der Waals surface area contributed by atoms with Crippen molar-refractivity contribution in [2.24, 2.45) is 0 Å². The summed E-state index contributed by atoms with van der Waals surface area (Å²) < 4.78 is 4.80. The molecule has 23 heavy (non-hydrogen) atoms. The third-order valence-electron chi connectivity index (χ3n) is 4.37. The standard InChI is InChI=1S/C10H21.2C6H5.Bi/c1-3-5-7-9-10-8-6-4-2;2*1-2-4-6-5-3-1;/h1,3-10H2,2H3;2*1-5H;. The number of benzene rings is 2. The first-order valence-electron chi connectivity index (χ1n) is 9.29. The summed E-state index contributed by atoms with van der Waals surface area (Å²) in [6.07, 6.45) is 11.4. The second-order valence-corrected chi connectivity index (χ2v) is 15.4. The first-order valence-corrected chi connectivity index (χ1v) is 15.2. The van der Waals surface area contributed by atoms with E-state index >= 15 is 0 Å². The summed E-state index contributed by atoms with van der Waals surface area (Å²) in [5.74, 6) is 0. The van der Waals surface area contributed by atoms with E-state index in [4.69, 9.17) is 0 Å². The van der Waals surface area contributed by atoms with Gasteiger partial charge in [-0.2, -0.15) is 0 Å². The molecule has 0 spiro atoms. The average molecular weight is 504 g/mol. The Morgan fingerprint density at radius 1 is 0.565 bits per heavy atom. The molecule has 2 aromatic rings. The van der Waals surface area contributed by atoms with Crippen molar-refractivity contribution in [3.63, 3.8) is 0 Å². The Bertz CT molecular complexity index is 467. The van der Waals surface area contributed by atoms with Crippen molar-refractivity contribution in [1.29, 1.82) is 0 Å². The van der Waals surface area contributed by atoms with E-state index in [1.165, 1.54) is 55.5 Å². The maximum absolute atomic E-state index is 2.37. The molecule has 0 saturated carbocycles. The fourth-order valence-corrected chi connectivity index (χ4v) is 12.4. The van der Waals surface area contributed by atoms with E-state index < -0.39 is 21.8 Å². The van der Waals surface area contributed by atoms with E-state index in [9.17, 15) is 0 Å². The van der Waals surface area contributed by atoms with Crippen LogP contribution < -0.4 is 6.54 Å². The predicted octanol–water partition coefficient (Wildman–Crippen LogP) is 5.44. The molecule has 0 amide bonds. The van der Waals surface area contributed by atoms with Gasteiger partial charge in [0.2, 0.25) is 0 Å². The summed E-state index contributed by atoms with van der Waals surface area (Å²) >= 11 is -1.75. The molecular formula is C22H31Bi. The average Bonchev–Trinajstić information content (AvgIpc) is 2.62. The third-order valence-corrected chi connectivity index (χ3v) is 14.5. The van der Waals surface area contributed by atoms with Gasteiger partial charge in [0.25, 0.3) is 0 Å². The van der Waals surface area contributed by atoms with Gasteiger partial charge in [-0.3, -0.25) is 0 Å². The minimum atomic E-state index is -1.75. The molecule has 0 aliphatic carbocycles. The van der Waals surface area contributed by atoms with E-state index in [1.54, 1.807) is 6.54 Å². The SMILES string of the molecule is CCCCCCCCC[CH2][Bi]([c]1ccccc1)[c]1ccccc1. The van der Waals surface area contributed by atoms with Gasteiger partial charge in [-0.15, -0.1) is 0 Å². The summed E-state index contributed by atoms with van der Waals surface area (Å²) in [5, 5.41) is 0. The van der Waals surface area contributed by atoms with E-state index in [0.717, 1.165) is 0 Å². The zero-order valence-electron chi connectivity index (χ0n) is 14.6. The Hall–Kier alpha value is -0.677. The molecule has 1 heteroatoms. The molecule has 0 radical (unpaired) electrons. The van der Waals surface area contributed by atoms with Crippen molar-refractivity contribution in [2.45, 2.75) is 62.4 Å². The Morgan fingerprint density at radius 2 is 1.00 bits per heavy atom. The molecule has 2 rings (SSSR count). The van der Waals surface area contributed by atoms with Gasteiger partial charge in [-0.25, -0.2) is 0 Å². The van der Waals surface area contributed by atoms with Gasteiger partial charge in [0.15, 0.2) is 0 Å². The summed E-state index contributed by atoms with van der Waals surface area (Å²) in [6, 6.07) is 22.6. The van der Waals surface area contributed by atoms with E-state index in [1.807, 2.05) is 0 Å². The fraction of sp³-hybridized carbons (Fsp3) is 0.455. The first kappa shape index (κ1) is 18.7. The number of unbranched alkanes of at least 4 members (excludes halogenated alkanes) is 7. The molecule has 2 aromatic carbocycles. The molecule has 0 N–H and O–H groups in total. The van der Waals surface area contributed by atoms with Crippen LogP contribution in [-0.4, -0.2) is 21.8 Å². The Morgan fingerprint density at radius 3 is 1.48 bits per heavy atom. The molecule has 0 heterocycles. The van der Waals surface area contributed by atoms with Crippen LogP contribution in [0.25, 0.3) is 0 Å². The first-order chi connectivity index (χ1) is 11.4. The molecule has 0 bridgehead atoms. The van der Waals surface area contributed by atoms with Gasteiger partial charge in [-0.1, -0.05) is 0 Å². The normalized spacial score (nSPS) is 11.0. The molecular weight excluding hydrogens is 473 g/mol. The molecule has 0 aromatic heterocycles. The van der Waals surface area contributed by atoms with Gasteiger partial charge in [0.05, 0.1) is 0 Å². The summed E-state index contributed by atoms with van der Waals surface area (Å²) in [7, 11) is 0. The number of hydrogen-bond acceptors (Lipinski definition) is 0. The summed E-state index contributed by atoms with van der Waals surface area (Å²) in [4.78, 5) is 0. The van der Waals surface area contributed by atoms with Crippen molar-refractivity contribution in [3.8, 4) is 0 Å². The Kier molecular flexibility index (Phi) is 9.57. The van der Waals surface area contributed by atoms with Crippen molar-refractivity contribution in [2.75, 3.05) is 0 Å². The van der Waals surface area contributed by atoms with Gasteiger partial charge in [-0.05, 0) is 0 Å². The molecule has 0 fully saturated rings. The quantitative estimate of drug-likeness (QED) is 0.283. The number of rotatable bonds is 11. The molecule has 0 nitrogen and oxygen atoms in total. The van der Waals surface area contributed by atoms with Crippen LogP contribution in [0.1, 0.15) is 58.3 Å². The monoisotopic (exact) mass is 504 g/mol. The van der Waals surface area contributed by atoms with Crippen molar-refractivity contribution < 1.29 is 0 Å². The van der Waals surface area contributed by atoms with Crippen LogP contribution in [0.5, 0.6) is 0 Å². The molecule has 0 aliphatic heterocycles. The van der Waals surface area contributed by atoms with Crippen LogP contribution in [0.4, 0.5) is 0 Å². The Balaban J connectivity index is 1.80. The van der Waals surface area contributed by atoms with Crippen LogP contribution in [0.2, 0.25) is 4.13 Å². The van der Waals surface area contributed by atoms with E-state index in [-0.39, 0.29) is 0 Å². The molecule has 0 aliphatic rings. The van der Waals surface area contributed by atoms with Gasteiger partial charge in [0, 0.05) is 0 Å². The Labute approximate surface area is 151 Å². The van der Waals surface area contributed by atoms with Crippen LogP contribution in [0.3, 0.4) is 0 Å². The van der Waals surface area contributed by atoms with Crippen LogP contribution in [-0.2, 0) is 0 Å². The van der Waals surface area contributed by atoms with Crippen molar-refractivity contribution >= 4 is 28.3 Å². The molecule has 0 unspecified atom stereocenters. The van der Waals surface area contributed by atoms with E-state index in [2.05, 4.69) is 67.6 Å². The second kappa shape index (κ2) is 11.8. The third kappa shape index (κ3) is 7.17. The summed E-state index contributed by atoms with van der Waals surface area (Å²) in [5.41, 5.74) is 0. The molecule has 0 saturated heterocycles. The van der Waals surface area contributed by atoms with Crippen LogP contribution in [0, 0.1) is 0 Å². The number of hydrogen-bond donors (Lipinski definition) is 0. The zero-order chi connectivity index (χ0) is 16.2. The maximum atomic E-state index is 2.37. The van der Waals surface area contributed by atoms with Crippen LogP contribution >= 0.6 is 0 Å². The van der Waals surface area contributed by atoms with Gasteiger partial charge in [0.1, 0.15) is 0 Å². The van der Waals surface area contributed by atoms with Crippen molar-refractivity contribution in [1.82, 2.24) is 0 Å². The fourth-order valence-electron chi connectivity index (χ4n) is 3.03. The zero-order valence-corrected chi connectivity index (χ0v) is 18.1. The summed E-state index contributed by atoms with van der Waals surface area (Å²) in [6.45, 7) is 2.29. The molecule has 124 valence electrons. The van der Waals surface area contributed by atoms with Crippen molar-refractivity contribution in [3.05, 3.63) is 60.7 Å². The van der Waals surface area contributed by atoms with Crippen LogP contribution in [0.15, 0.2) is 60.7 Å². The topological polar surface area (TPSA) is 0 Å². The minimum absolute atomic E-state index is 1.35. The van der Waals surface area contributed by atoms with Gasteiger partial charge >= 0.3 is 151 Å². The molecule has 0 atom stereocenters. The van der Waals surface area contributed by atoms with E-state index in [0.29, 0.717) is 0 Å². The second-order valence-electron chi connectivity index (χ2n) is 6.30. The van der Waals surface area contributed by atoms with Gasteiger partial charge < -0.3 is 0 Å². The predicted molar refractivity (Wildman–Crippen MR) is 105 cm³/mol.